The molecule has 2 heterocycles. The molecule has 1 N–H and O–H groups in total. The molecule has 0 amide bonds. The first-order valence-corrected chi connectivity index (χ1v) is 9.76. The Bertz CT molecular complexity index is 719. The third-order valence-electron chi connectivity index (χ3n) is 5.30. The molecule has 2 fully saturated rings. The summed E-state index contributed by atoms with van der Waals surface area (Å²) in [6, 6.07) is 4.04. The van der Waals surface area contributed by atoms with Crippen LogP contribution in [0.4, 0.5) is 4.39 Å². The number of nitrogens with zero attached hydrogens (tertiary/aromatic N) is 1. The van der Waals surface area contributed by atoms with Gasteiger partial charge in [0.25, 0.3) is 0 Å². The summed E-state index contributed by atoms with van der Waals surface area (Å²) < 4.78 is 47.3. The lowest BCUT2D eigenvalue weighted by Crippen LogP contribution is -2.53. The Morgan fingerprint density at radius 1 is 1.42 bits per heavy atom. The number of aryl methyl sites for hydroxylation is 1. The molecule has 2 saturated heterocycles. The van der Waals surface area contributed by atoms with Gasteiger partial charge in [0, 0.05) is 25.1 Å². The van der Waals surface area contributed by atoms with Crippen molar-refractivity contribution in [3.8, 4) is 0 Å². The highest BCUT2D eigenvalue weighted by Crippen LogP contribution is 2.38. The first-order chi connectivity index (χ1) is 11.2. The Balaban J connectivity index is 1.96. The summed E-state index contributed by atoms with van der Waals surface area (Å²) in [5, 5.41) is 10.7. The van der Waals surface area contributed by atoms with Gasteiger partial charge in [-0.25, -0.2) is 12.8 Å². The van der Waals surface area contributed by atoms with Crippen LogP contribution < -0.4 is 0 Å². The van der Waals surface area contributed by atoms with Crippen LogP contribution >= 0.6 is 0 Å². The second-order valence-corrected chi connectivity index (χ2v) is 8.86. The van der Waals surface area contributed by atoms with Crippen LogP contribution in [0.5, 0.6) is 0 Å². The lowest BCUT2D eigenvalue weighted by atomic mass is 9.80. The molecule has 0 spiro atoms. The summed E-state index contributed by atoms with van der Waals surface area (Å²) in [4.78, 5) is -0.286. The zero-order valence-electron chi connectivity index (χ0n) is 14.0. The smallest absolute Gasteiger partial charge is 0.246 e. The van der Waals surface area contributed by atoms with E-state index in [0.717, 1.165) is 0 Å². The predicted molar refractivity (Wildman–Crippen MR) is 87.6 cm³/mol. The van der Waals surface area contributed by atoms with E-state index in [9.17, 15) is 17.9 Å². The normalized spacial score (nSPS) is 32.2. The van der Waals surface area contributed by atoms with Crippen molar-refractivity contribution in [2.75, 3.05) is 19.8 Å². The Morgan fingerprint density at radius 3 is 2.88 bits per heavy atom. The summed E-state index contributed by atoms with van der Waals surface area (Å²) >= 11 is 0. The molecule has 3 atom stereocenters. The van der Waals surface area contributed by atoms with E-state index >= 15 is 0 Å². The molecule has 0 bridgehead atoms. The van der Waals surface area contributed by atoms with E-state index in [-0.39, 0.29) is 16.9 Å². The van der Waals surface area contributed by atoms with E-state index < -0.39 is 21.4 Å². The average molecular weight is 357 g/mol. The Kier molecular flexibility index (Phi) is 4.72. The molecule has 0 unspecified atom stereocenters. The van der Waals surface area contributed by atoms with Crippen molar-refractivity contribution in [2.45, 2.75) is 49.6 Å². The first kappa shape index (κ1) is 17.8. The lowest BCUT2D eigenvalue weighted by molar-refractivity contribution is -0.116. The molecule has 5 nitrogen and oxygen atoms in total. The van der Waals surface area contributed by atoms with Gasteiger partial charge in [-0.1, -0.05) is 12.1 Å². The van der Waals surface area contributed by atoms with Crippen molar-refractivity contribution in [1.82, 2.24) is 4.31 Å². The SMILES string of the molecule is Cc1cccc(S(=O)(=O)N2CCC[C@@H]2[C@@H]2COCC[C@]2(C)O)c1F. The third-order valence-corrected chi connectivity index (χ3v) is 7.25. The first-order valence-electron chi connectivity index (χ1n) is 8.32. The Morgan fingerprint density at radius 2 is 2.17 bits per heavy atom. The van der Waals surface area contributed by atoms with E-state index in [1.807, 2.05) is 0 Å². The van der Waals surface area contributed by atoms with Crippen LogP contribution in [0.3, 0.4) is 0 Å². The van der Waals surface area contributed by atoms with E-state index in [4.69, 9.17) is 4.74 Å². The number of rotatable bonds is 3. The van der Waals surface area contributed by atoms with Crippen LogP contribution in [0.1, 0.15) is 31.7 Å². The molecule has 0 aromatic heterocycles. The highest BCUT2D eigenvalue weighted by atomic mass is 32.2. The number of benzene rings is 1. The van der Waals surface area contributed by atoms with Gasteiger partial charge in [-0.3, -0.25) is 0 Å². The molecular formula is C17H24FNO4S. The van der Waals surface area contributed by atoms with Gasteiger partial charge in [0.05, 0.1) is 12.2 Å². The fourth-order valence-electron chi connectivity index (χ4n) is 3.79. The fourth-order valence-corrected chi connectivity index (χ4v) is 5.66. The minimum absolute atomic E-state index is 0.286. The van der Waals surface area contributed by atoms with Gasteiger partial charge in [0.15, 0.2) is 0 Å². The van der Waals surface area contributed by atoms with Crippen molar-refractivity contribution in [3.63, 3.8) is 0 Å². The number of aliphatic hydroxyl groups is 1. The summed E-state index contributed by atoms with van der Waals surface area (Å²) in [6.07, 6.45) is 1.82. The largest absolute Gasteiger partial charge is 0.390 e. The van der Waals surface area contributed by atoms with Crippen LogP contribution in [-0.4, -0.2) is 49.2 Å². The Labute approximate surface area is 142 Å². The van der Waals surface area contributed by atoms with Crippen molar-refractivity contribution in [2.24, 2.45) is 5.92 Å². The Hall–Kier alpha value is -1.02. The van der Waals surface area contributed by atoms with E-state index in [1.54, 1.807) is 26.0 Å². The van der Waals surface area contributed by atoms with E-state index in [0.29, 0.717) is 44.6 Å². The second-order valence-electron chi connectivity index (χ2n) is 7.00. The standard InChI is InChI=1S/C17H24FNO4S/c1-12-5-3-7-15(16(12)18)24(21,22)19-9-4-6-14(19)13-11-23-10-8-17(13,2)20/h3,5,7,13-14,20H,4,6,8-11H2,1-2H3/t13-,14+,17-/m0/s1. The van der Waals surface area contributed by atoms with Crippen LogP contribution in [-0.2, 0) is 14.8 Å². The van der Waals surface area contributed by atoms with Crippen molar-refractivity contribution in [3.05, 3.63) is 29.6 Å². The van der Waals surface area contributed by atoms with Gasteiger partial charge in [-0.05, 0) is 44.7 Å². The topological polar surface area (TPSA) is 66.8 Å². The number of halogens is 1. The van der Waals surface area contributed by atoms with Gasteiger partial charge in [0.1, 0.15) is 10.7 Å². The molecular weight excluding hydrogens is 333 g/mol. The van der Waals surface area contributed by atoms with Gasteiger partial charge in [0.2, 0.25) is 10.0 Å². The minimum atomic E-state index is -3.95. The molecule has 7 heteroatoms. The molecule has 0 aliphatic carbocycles. The summed E-state index contributed by atoms with van der Waals surface area (Å²) in [5.41, 5.74) is -0.675. The van der Waals surface area contributed by atoms with Crippen molar-refractivity contribution in [1.29, 1.82) is 0 Å². The zero-order chi connectivity index (χ0) is 17.5. The number of ether oxygens (including phenoxy) is 1. The van der Waals surface area contributed by atoms with Crippen LogP contribution in [0.2, 0.25) is 0 Å². The average Bonchev–Trinajstić information content (AvgIpc) is 2.99. The molecule has 2 aliphatic rings. The highest BCUT2D eigenvalue weighted by molar-refractivity contribution is 7.89. The molecule has 2 aliphatic heterocycles. The van der Waals surface area contributed by atoms with E-state index in [1.165, 1.54) is 10.4 Å². The predicted octanol–water partition coefficient (Wildman–Crippen LogP) is 2.07. The van der Waals surface area contributed by atoms with Crippen LogP contribution in [0.25, 0.3) is 0 Å². The molecule has 134 valence electrons. The van der Waals surface area contributed by atoms with Crippen molar-refractivity contribution >= 4 is 10.0 Å². The highest BCUT2D eigenvalue weighted by Gasteiger charge is 2.48. The fraction of sp³-hybridized carbons (Fsp3) is 0.647. The van der Waals surface area contributed by atoms with Gasteiger partial charge < -0.3 is 9.84 Å². The maximum absolute atomic E-state index is 14.4. The molecule has 0 saturated carbocycles. The summed E-state index contributed by atoms with van der Waals surface area (Å²) in [5.74, 6) is -1.01. The maximum Gasteiger partial charge on any atom is 0.246 e. The molecule has 24 heavy (non-hydrogen) atoms. The third kappa shape index (κ3) is 2.98. The van der Waals surface area contributed by atoms with Crippen LogP contribution in [0, 0.1) is 18.7 Å². The van der Waals surface area contributed by atoms with Gasteiger partial charge >= 0.3 is 0 Å². The number of hydrogen-bond acceptors (Lipinski definition) is 4. The minimum Gasteiger partial charge on any atom is -0.390 e. The maximum atomic E-state index is 14.4. The quantitative estimate of drug-likeness (QED) is 0.899. The summed E-state index contributed by atoms with van der Waals surface area (Å²) in [6.45, 7) is 4.41. The van der Waals surface area contributed by atoms with E-state index in [2.05, 4.69) is 0 Å². The van der Waals surface area contributed by atoms with Crippen molar-refractivity contribution < 1.29 is 22.7 Å². The monoisotopic (exact) mass is 357 g/mol. The van der Waals surface area contributed by atoms with Gasteiger partial charge in [-0.2, -0.15) is 4.31 Å². The number of sulfonamides is 1. The number of hydrogen-bond donors (Lipinski definition) is 1. The molecule has 1 aromatic carbocycles. The second kappa shape index (κ2) is 6.37. The molecule has 1 aromatic rings. The zero-order valence-corrected chi connectivity index (χ0v) is 14.9. The molecule has 0 radical (unpaired) electrons. The lowest BCUT2D eigenvalue weighted by Gasteiger charge is -2.42. The summed E-state index contributed by atoms with van der Waals surface area (Å²) in [7, 11) is -3.95. The molecule has 3 rings (SSSR count). The van der Waals surface area contributed by atoms with Crippen LogP contribution in [0.15, 0.2) is 23.1 Å². The van der Waals surface area contributed by atoms with Gasteiger partial charge in [-0.15, -0.1) is 0 Å².